The molecule has 2 aliphatic rings. The summed E-state index contributed by atoms with van der Waals surface area (Å²) in [6.45, 7) is 3.64. The van der Waals surface area contributed by atoms with Crippen molar-refractivity contribution in [3.05, 3.63) is 16.5 Å². The molecule has 0 radical (unpaired) electrons. The molecule has 1 aliphatic heterocycles. The van der Waals surface area contributed by atoms with Crippen molar-refractivity contribution in [2.24, 2.45) is 0 Å². The molecule has 1 aromatic heterocycles. The van der Waals surface area contributed by atoms with Gasteiger partial charge in [-0.1, -0.05) is 0 Å². The van der Waals surface area contributed by atoms with Gasteiger partial charge in [0.1, 0.15) is 16.2 Å². The van der Waals surface area contributed by atoms with Crippen molar-refractivity contribution >= 4 is 21.7 Å². The second kappa shape index (κ2) is 4.46. The molecule has 1 N–H and O–H groups in total. The number of aromatic nitrogens is 2. The molecular formula is C13H18BrN3O. The topological polar surface area (TPSA) is 49.2 Å². The van der Waals surface area contributed by atoms with E-state index in [1.165, 1.54) is 12.8 Å². The van der Waals surface area contributed by atoms with Crippen molar-refractivity contribution in [3.63, 3.8) is 0 Å². The van der Waals surface area contributed by atoms with E-state index in [0.29, 0.717) is 5.92 Å². The van der Waals surface area contributed by atoms with Gasteiger partial charge in [0.25, 0.3) is 0 Å². The van der Waals surface area contributed by atoms with E-state index in [1.54, 1.807) is 0 Å². The molecule has 0 unspecified atom stereocenters. The lowest BCUT2D eigenvalue weighted by molar-refractivity contribution is 0.0350. The van der Waals surface area contributed by atoms with Crippen LogP contribution in [0.15, 0.2) is 10.7 Å². The van der Waals surface area contributed by atoms with Gasteiger partial charge in [-0.05, 0) is 48.5 Å². The summed E-state index contributed by atoms with van der Waals surface area (Å²) < 4.78 is 0.867. The molecule has 4 nitrogen and oxygen atoms in total. The lowest BCUT2D eigenvalue weighted by Crippen LogP contribution is -2.42. The van der Waals surface area contributed by atoms with E-state index in [4.69, 9.17) is 0 Å². The van der Waals surface area contributed by atoms with E-state index in [-0.39, 0.29) is 0 Å². The predicted octanol–water partition coefficient (Wildman–Crippen LogP) is 2.47. The van der Waals surface area contributed by atoms with Crippen molar-refractivity contribution in [2.75, 3.05) is 18.0 Å². The zero-order valence-corrected chi connectivity index (χ0v) is 12.2. The van der Waals surface area contributed by atoms with Crippen LogP contribution < -0.4 is 4.90 Å². The SMILES string of the molecule is CC1(O)CCN(c2cc(Br)nc(C3CC3)n2)CC1. The second-order valence-electron chi connectivity index (χ2n) is 5.67. The van der Waals surface area contributed by atoms with Gasteiger partial charge in [-0.25, -0.2) is 9.97 Å². The van der Waals surface area contributed by atoms with E-state index in [2.05, 4.69) is 30.8 Å². The molecule has 5 heteroatoms. The van der Waals surface area contributed by atoms with Gasteiger partial charge in [0.05, 0.1) is 5.60 Å². The Morgan fingerprint density at radius 1 is 1.33 bits per heavy atom. The number of hydrogen-bond donors (Lipinski definition) is 1. The average Bonchev–Trinajstić information content (AvgIpc) is 3.11. The summed E-state index contributed by atoms with van der Waals surface area (Å²) in [4.78, 5) is 11.4. The van der Waals surface area contributed by atoms with Crippen molar-refractivity contribution in [2.45, 2.75) is 44.1 Å². The summed E-state index contributed by atoms with van der Waals surface area (Å²) in [5, 5.41) is 9.98. The lowest BCUT2D eigenvalue weighted by atomic mass is 9.94. The highest BCUT2D eigenvalue weighted by atomic mass is 79.9. The van der Waals surface area contributed by atoms with Crippen molar-refractivity contribution in [3.8, 4) is 0 Å². The molecule has 1 saturated carbocycles. The van der Waals surface area contributed by atoms with E-state index in [0.717, 1.165) is 42.2 Å². The Morgan fingerprint density at radius 3 is 2.61 bits per heavy atom. The molecule has 2 fully saturated rings. The first kappa shape index (κ1) is 12.4. The fourth-order valence-corrected chi connectivity index (χ4v) is 2.71. The van der Waals surface area contributed by atoms with Crippen molar-refractivity contribution in [1.82, 2.24) is 9.97 Å². The Bertz CT molecular complexity index is 450. The number of anilines is 1. The molecule has 18 heavy (non-hydrogen) atoms. The minimum Gasteiger partial charge on any atom is -0.390 e. The first-order valence-corrected chi connectivity index (χ1v) is 7.35. The number of nitrogens with zero attached hydrogens (tertiary/aromatic N) is 3. The molecule has 0 aromatic carbocycles. The normalized spacial score (nSPS) is 23.2. The third kappa shape index (κ3) is 2.67. The number of rotatable bonds is 2. The maximum atomic E-state index is 9.98. The molecule has 1 aliphatic carbocycles. The fraction of sp³-hybridized carbons (Fsp3) is 0.692. The third-order valence-corrected chi connectivity index (χ3v) is 4.21. The van der Waals surface area contributed by atoms with Crippen LogP contribution in [0.3, 0.4) is 0 Å². The summed E-state index contributed by atoms with van der Waals surface area (Å²) in [7, 11) is 0. The van der Waals surface area contributed by atoms with E-state index >= 15 is 0 Å². The molecule has 1 saturated heterocycles. The molecule has 3 rings (SSSR count). The van der Waals surface area contributed by atoms with Crippen LogP contribution in [0, 0.1) is 0 Å². The summed E-state index contributed by atoms with van der Waals surface area (Å²) in [6.07, 6.45) is 4.02. The van der Waals surface area contributed by atoms with Gasteiger partial charge in [-0.2, -0.15) is 0 Å². The van der Waals surface area contributed by atoms with Gasteiger partial charge >= 0.3 is 0 Å². The maximum Gasteiger partial charge on any atom is 0.135 e. The Labute approximate surface area is 116 Å². The smallest absolute Gasteiger partial charge is 0.135 e. The number of halogens is 1. The Kier molecular flexibility index (Phi) is 3.06. The Hall–Kier alpha value is -0.680. The fourth-order valence-electron chi connectivity index (χ4n) is 2.33. The monoisotopic (exact) mass is 311 g/mol. The van der Waals surface area contributed by atoms with Crippen molar-refractivity contribution < 1.29 is 5.11 Å². The zero-order chi connectivity index (χ0) is 12.8. The lowest BCUT2D eigenvalue weighted by Gasteiger charge is -2.36. The highest BCUT2D eigenvalue weighted by molar-refractivity contribution is 9.10. The van der Waals surface area contributed by atoms with Crippen LogP contribution in [-0.2, 0) is 0 Å². The van der Waals surface area contributed by atoms with Crippen LogP contribution in [0.2, 0.25) is 0 Å². The minimum atomic E-state index is -0.514. The van der Waals surface area contributed by atoms with Crippen LogP contribution in [0.5, 0.6) is 0 Å². The van der Waals surface area contributed by atoms with E-state index in [9.17, 15) is 5.11 Å². The van der Waals surface area contributed by atoms with Crippen LogP contribution in [-0.4, -0.2) is 33.8 Å². The minimum absolute atomic E-state index is 0.514. The second-order valence-corrected chi connectivity index (χ2v) is 6.48. The molecule has 0 amide bonds. The number of piperidine rings is 1. The number of hydrogen-bond acceptors (Lipinski definition) is 4. The maximum absolute atomic E-state index is 9.98. The molecule has 0 spiro atoms. The predicted molar refractivity (Wildman–Crippen MR) is 73.8 cm³/mol. The molecule has 0 bridgehead atoms. The standard InChI is InChI=1S/C13H18BrN3O/c1-13(18)4-6-17(7-5-13)11-8-10(14)15-12(16-11)9-2-3-9/h8-9,18H,2-7H2,1H3. The molecule has 2 heterocycles. The van der Waals surface area contributed by atoms with Gasteiger partial charge in [0, 0.05) is 25.1 Å². The van der Waals surface area contributed by atoms with Gasteiger partial charge in [-0.3, -0.25) is 0 Å². The summed E-state index contributed by atoms with van der Waals surface area (Å²) in [6, 6.07) is 1.98. The molecule has 0 atom stereocenters. The zero-order valence-electron chi connectivity index (χ0n) is 10.6. The largest absolute Gasteiger partial charge is 0.390 e. The van der Waals surface area contributed by atoms with Crippen molar-refractivity contribution in [1.29, 1.82) is 0 Å². The third-order valence-electron chi connectivity index (χ3n) is 3.81. The average molecular weight is 312 g/mol. The Morgan fingerprint density at radius 2 is 2.00 bits per heavy atom. The highest BCUT2D eigenvalue weighted by Crippen LogP contribution is 2.39. The summed E-state index contributed by atoms with van der Waals surface area (Å²) in [5.74, 6) is 2.53. The summed E-state index contributed by atoms with van der Waals surface area (Å²) >= 11 is 3.47. The van der Waals surface area contributed by atoms with Crippen LogP contribution in [0.1, 0.15) is 44.3 Å². The van der Waals surface area contributed by atoms with E-state index < -0.39 is 5.60 Å². The van der Waals surface area contributed by atoms with Crippen LogP contribution in [0.25, 0.3) is 0 Å². The van der Waals surface area contributed by atoms with Gasteiger partial charge in [-0.15, -0.1) is 0 Å². The Balaban J connectivity index is 1.79. The first-order valence-electron chi connectivity index (χ1n) is 6.55. The molecular weight excluding hydrogens is 294 g/mol. The van der Waals surface area contributed by atoms with Gasteiger partial charge in [0.15, 0.2) is 0 Å². The van der Waals surface area contributed by atoms with Crippen LogP contribution >= 0.6 is 15.9 Å². The quantitative estimate of drug-likeness (QED) is 0.852. The highest BCUT2D eigenvalue weighted by Gasteiger charge is 2.30. The number of aliphatic hydroxyl groups is 1. The molecule has 1 aromatic rings. The van der Waals surface area contributed by atoms with Gasteiger partial charge in [0.2, 0.25) is 0 Å². The molecule has 98 valence electrons. The van der Waals surface area contributed by atoms with Gasteiger partial charge < -0.3 is 10.0 Å². The summed E-state index contributed by atoms with van der Waals surface area (Å²) in [5.41, 5.74) is -0.514. The van der Waals surface area contributed by atoms with E-state index in [1.807, 2.05) is 13.0 Å². The van der Waals surface area contributed by atoms with Crippen LogP contribution in [0.4, 0.5) is 5.82 Å². The first-order chi connectivity index (χ1) is 8.53.